The van der Waals surface area contributed by atoms with Crippen molar-refractivity contribution in [3.63, 3.8) is 0 Å². The van der Waals surface area contributed by atoms with Crippen molar-refractivity contribution in [2.45, 2.75) is 72.8 Å². The summed E-state index contributed by atoms with van der Waals surface area (Å²) >= 11 is 0. The molecule has 3 nitrogen and oxygen atoms in total. The van der Waals surface area contributed by atoms with E-state index in [0.29, 0.717) is 6.42 Å². The quantitative estimate of drug-likeness (QED) is 0.562. The Labute approximate surface area is 193 Å². The molecule has 0 heterocycles. The Morgan fingerprint density at radius 2 is 1.81 bits per heavy atom. The molecule has 32 heavy (non-hydrogen) atoms. The first-order chi connectivity index (χ1) is 14.9. The molecule has 5 unspecified atom stereocenters. The van der Waals surface area contributed by atoms with Crippen LogP contribution < -0.4 is 0 Å². The lowest BCUT2D eigenvalue weighted by Gasteiger charge is -2.45. The van der Waals surface area contributed by atoms with Crippen LogP contribution in [0.25, 0.3) is 0 Å². The Balaban J connectivity index is 1.79. The Hall–Kier alpha value is -2.26. The minimum Gasteiger partial charge on any atom is -0.385 e. The fraction of sp³-hybridized carbons (Fsp3) is 0.517. The average molecular weight is 435 g/mol. The number of aliphatic hydroxyl groups excluding tert-OH is 1. The van der Waals surface area contributed by atoms with E-state index in [1.54, 1.807) is 0 Å². The zero-order valence-electron chi connectivity index (χ0n) is 20.4. The van der Waals surface area contributed by atoms with Crippen molar-refractivity contribution in [2.75, 3.05) is 0 Å². The summed E-state index contributed by atoms with van der Waals surface area (Å²) < 4.78 is 0. The van der Waals surface area contributed by atoms with E-state index in [4.69, 9.17) is 0 Å². The van der Waals surface area contributed by atoms with Gasteiger partial charge in [-0.05, 0) is 55.6 Å². The van der Waals surface area contributed by atoms with Crippen LogP contribution in [0.1, 0.15) is 70.9 Å². The van der Waals surface area contributed by atoms with Crippen LogP contribution >= 0.6 is 0 Å². The predicted molar refractivity (Wildman–Crippen MR) is 130 cm³/mol. The molecule has 0 amide bonds. The van der Waals surface area contributed by atoms with Gasteiger partial charge >= 0.3 is 0 Å². The molecule has 0 radical (unpaired) electrons. The number of allylic oxidation sites excluding steroid dienone is 5. The average Bonchev–Trinajstić information content (AvgIpc) is 3.18. The molecule has 0 aliphatic heterocycles. The standard InChI is InChI=1S/C29H38O3/c1-17-8-11-22(12-9-17)20(4)26(30)24-15-25(21(5)27(31)28(24)32)29(6,7)16-19(3)23-13-10-18(2)14-23/h8-13,20-21,24-25,28,32H,3,14-16H2,1-2,4-7H3. The van der Waals surface area contributed by atoms with Crippen molar-refractivity contribution in [3.05, 3.63) is 70.8 Å². The number of carbonyl (C=O) groups is 2. The maximum absolute atomic E-state index is 13.4. The lowest BCUT2D eigenvalue weighted by Crippen LogP contribution is -2.50. The molecular weight excluding hydrogens is 396 g/mol. The first kappa shape index (κ1) is 24.4. The molecule has 0 spiro atoms. The van der Waals surface area contributed by atoms with E-state index < -0.39 is 12.0 Å². The molecule has 3 heteroatoms. The smallest absolute Gasteiger partial charge is 0.165 e. The van der Waals surface area contributed by atoms with Crippen LogP contribution in [0.4, 0.5) is 0 Å². The number of aliphatic hydroxyl groups is 1. The summed E-state index contributed by atoms with van der Waals surface area (Å²) in [7, 11) is 0. The molecule has 1 aromatic rings. The summed E-state index contributed by atoms with van der Waals surface area (Å²) in [6.07, 6.45) is 5.29. The van der Waals surface area contributed by atoms with Crippen molar-refractivity contribution >= 4 is 11.6 Å². The highest BCUT2D eigenvalue weighted by molar-refractivity contribution is 5.96. The van der Waals surface area contributed by atoms with Crippen LogP contribution in [0.5, 0.6) is 0 Å². The van der Waals surface area contributed by atoms with E-state index in [-0.39, 0.29) is 34.7 Å². The normalized spacial score (nSPS) is 27.0. The van der Waals surface area contributed by atoms with E-state index >= 15 is 0 Å². The fourth-order valence-corrected chi connectivity index (χ4v) is 5.58. The largest absolute Gasteiger partial charge is 0.385 e. The Morgan fingerprint density at radius 1 is 1.19 bits per heavy atom. The minimum absolute atomic E-state index is 0.00498. The molecule has 2 aliphatic rings. The van der Waals surface area contributed by atoms with Crippen LogP contribution in [-0.2, 0) is 9.59 Å². The lowest BCUT2D eigenvalue weighted by molar-refractivity contribution is -0.150. The van der Waals surface area contributed by atoms with Gasteiger partial charge in [0.25, 0.3) is 0 Å². The third kappa shape index (κ3) is 4.88. The van der Waals surface area contributed by atoms with Crippen LogP contribution in [-0.4, -0.2) is 22.8 Å². The van der Waals surface area contributed by atoms with E-state index in [2.05, 4.69) is 39.5 Å². The molecule has 172 valence electrons. The number of ketones is 2. The molecule has 1 saturated carbocycles. The first-order valence-electron chi connectivity index (χ1n) is 11.8. The Morgan fingerprint density at radius 3 is 2.38 bits per heavy atom. The van der Waals surface area contributed by atoms with Crippen molar-refractivity contribution in [3.8, 4) is 0 Å². The van der Waals surface area contributed by atoms with Gasteiger partial charge in [0.2, 0.25) is 0 Å². The van der Waals surface area contributed by atoms with Crippen molar-refractivity contribution in [1.82, 2.24) is 0 Å². The van der Waals surface area contributed by atoms with Gasteiger partial charge in [-0.3, -0.25) is 9.59 Å². The molecule has 3 rings (SSSR count). The summed E-state index contributed by atoms with van der Waals surface area (Å²) in [4.78, 5) is 26.5. The second-order valence-electron chi connectivity index (χ2n) is 10.8. The van der Waals surface area contributed by atoms with Gasteiger partial charge in [-0.25, -0.2) is 0 Å². The topological polar surface area (TPSA) is 54.4 Å². The fourth-order valence-electron chi connectivity index (χ4n) is 5.58. The summed E-state index contributed by atoms with van der Waals surface area (Å²) in [5.74, 6) is -1.55. The van der Waals surface area contributed by atoms with Gasteiger partial charge in [-0.1, -0.05) is 87.4 Å². The van der Waals surface area contributed by atoms with Crippen molar-refractivity contribution in [2.24, 2.45) is 23.2 Å². The van der Waals surface area contributed by atoms with E-state index in [9.17, 15) is 14.7 Å². The van der Waals surface area contributed by atoms with Gasteiger partial charge in [0.15, 0.2) is 5.78 Å². The molecule has 1 N–H and O–H groups in total. The van der Waals surface area contributed by atoms with Gasteiger partial charge in [-0.15, -0.1) is 0 Å². The molecule has 2 aliphatic carbocycles. The first-order valence-corrected chi connectivity index (χ1v) is 11.8. The number of hydrogen-bond acceptors (Lipinski definition) is 3. The monoisotopic (exact) mass is 434 g/mol. The zero-order chi connectivity index (χ0) is 23.8. The highest BCUT2D eigenvalue weighted by Crippen LogP contribution is 2.48. The van der Waals surface area contributed by atoms with Crippen molar-refractivity contribution < 1.29 is 14.7 Å². The third-order valence-corrected chi connectivity index (χ3v) is 7.77. The van der Waals surface area contributed by atoms with Gasteiger partial charge < -0.3 is 5.11 Å². The predicted octanol–water partition coefficient (Wildman–Crippen LogP) is 6.12. The molecule has 0 aromatic heterocycles. The molecule has 1 aromatic carbocycles. The van der Waals surface area contributed by atoms with Gasteiger partial charge in [0.1, 0.15) is 11.9 Å². The Kier molecular flexibility index (Phi) is 7.09. The van der Waals surface area contributed by atoms with E-state index in [1.165, 1.54) is 11.1 Å². The number of hydrogen-bond donors (Lipinski definition) is 1. The number of aryl methyl sites for hydroxylation is 1. The lowest BCUT2D eigenvalue weighted by atomic mass is 9.59. The van der Waals surface area contributed by atoms with Crippen LogP contribution in [0, 0.1) is 30.1 Å². The van der Waals surface area contributed by atoms with Crippen LogP contribution in [0.3, 0.4) is 0 Å². The van der Waals surface area contributed by atoms with E-state index in [1.807, 2.05) is 45.0 Å². The summed E-state index contributed by atoms with van der Waals surface area (Å²) in [5.41, 5.74) is 5.55. The van der Waals surface area contributed by atoms with Gasteiger partial charge in [-0.2, -0.15) is 0 Å². The highest BCUT2D eigenvalue weighted by Gasteiger charge is 2.49. The number of Topliss-reactive ketones (excluding diaryl/α,β-unsaturated/α-hetero) is 2. The molecular formula is C29H38O3. The summed E-state index contributed by atoms with van der Waals surface area (Å²) in [5, 5.41) is 10.8. The maximum Gasteiger partial charge on any atom is 0.165 e. The zero-order valence-corrected chi connectivity index (χ0v) is 20.4. The number of rotatable bonds is 7. The van der Waals surface area contributed by atoms with Crippen molar-refractivity contribution in [1.29, 1.82) is 0 Å². The molecule has 5 atom stereocenters. The minimum atomic E-state index is -1.22. The third-order valence-electron chi connectivity index (χ3n) is 7.77. The SMILES string of the molecule is C=C(CC(C)(C)C1CC(C(=O)C(C)c2ccc(C)cc2)C(O)C(=O)C1C)C1=CC=C(C)C1. The molecule has 0 saturated heterocycles. The van der Waals surface area contributed by atoms with Crippen LogP contribution in [0.15, 0.2) is 59.7 Å². The second kappa shape index (κ2) is 9.31. The van der Waals surface area contributed by atoms with Gasteiger partial charge in [0, 0.05) is 11.8 Å². The molecule has 0 bridgehead atoms. The number of carbonyl (C=O) groups excluding carboxylic acids is 2. The second-order valence-corrected chi connectivity index (χ2v) is 10.8. The molecule has 1 fully saturated rings. The summed E-state index contributed by atoms with van der Waals surface area (Å²) in [6, 6.07) is 7.92. The Bertz CT molecular complexity index is 961. The highest BCUT2D eigenvalue weighted by atomic mass is 16.3. The maximum atomic E-state index is 13.4. The van der Waals surface area contributed by atoms with Crippen LogP contribution in [0.2, 0.25) is 0 Å². The van der Waals surface area contributed by atoms with E-state index in [0.717, 1.165) is 29.5 Å². The number of benzene rings is 1. The van der Waals surface area contributed by atoms with Gasteiger partial charge in [0.05, 0.1) is 5.92 Å². The summed E-state index contributed by atoms with van der Waals surface area (Å²) in [6.45, 7) is 16.6.